The van der Waals surface area contributed by atoms with Crippen molar-refractivity contribution in [2.45, 2.75) is 6.92 Å². The highest BCUT2D eigenvalue weighted by Crippen LogP contribution is 2.09. The van der Waals surface area contributed by atoms with Crippen molar-refractivity contribution in [3.05, 3.63) is 29.1 Å². The van der Waals surface area contributed by atoms with E-state index in [1.807, 2.05) is 0 Å². The van der Waals surface area contributed by atoms with E-state index in [0.29, 0.717) is 13.2 Å². The normalized spacial score (nSPS) is 10.3. The first-order valence-electron chi connectivity index (χ1n) is 6.11. The van der Waals surface area contributed by atoms with Crippen LogP contribution >= 0.6 is 0 Å². The van der Waals surface area contributed by atoms with Crippen LogP contribution in [0.15, 0.2) is 12.1 Å². The molecule has 0 bridgehead atoms. The van der Waals surface area contributed by atoms with Gasteiger partial charge in [-0.2, -0.15) is 0 Å². The van der Waals surface area contributed by atoms with Crippen LogP contribution in [0, 0.1) is 6.92 Å². The number of aryl methyl sites for hydroxylation is 1. The summed E-state index contributed by atoms with van der Waals surface area (Å²) >= 11 is 0. The molecule has 2 N–H and O–H groups in total. The molecule has 0 unspecified atom stereocenters. The lowest BCUT2D eigenvalue weighted by atomic mass is 10.2. The maximum absolute atomic E-state index is 12.2. The molecule has 7 heteroatoms. The Balaban J connectivity index is 2.94. The fourth-order valence-electron chi connectivity index (χ4n) is 1.71. The van der Waals surface area contributed by atoms with Crippen molar-refractivity contribution in [2.75, 3.05) is 33.4 Å². The smallest absolute Gasteiger partial charge is 0.337 e. The van der Waals surface area contributed by atoms with Gasteiger partial charge < -0.3 is 19.8 Å². The highest BCUT2D eigenvalue weighted by atomic mass is 16.5. The zero-order valence-electron chi connectivity index (χ0n) is 11.5. The SMILES string of the molecule is COCCN(CCO)C(=O)c1ccc(C(=O)O)c(C)n1. The van der Waals surface area contributed by atoms with Gasteiger partial charge in [0.1, 0.15) is 5.69 Å². The van der Waals surface area contributed by atoms with Gasteiger partial charge in [0.2, 0.25) is 0 Å². The number of nitrogens with zero attached hydrogens (tertiary/aromatic N) is 2. The van der Waals surface area contributed by atoms with Gasteiger partial charge >= 0.3 is 5.97 Å². The Hall–Kier alpha value is -1.99. The van der Waals surface area contributed by atoms with Crippen LogP contribution in [0.4, 0.5) is 0 Å². The molecule has 0 saturated carbocycles. The first-order valence-corrected chi connectivity index (χ1v) is 6.11. The number of carboxylic acid groups (broad SMARTS) is 1. The van der Waals surface area contributed by atoms with Crippen LogP contribution in [-0.4, -0.2) is 65.4 Å². The summed E-state index contributed by atoms with van der Waals surface area (Å²) in [5, 5.41) is 17.9. The molecule has 7 nitrogen and oxygen atoms in total. The van der Waals surface area contributed by atoms with Gasteiger partial charge in [-0.05, 0) is 19.1 Å². The average molecular weight is 282 g/mol. The minimum Gasteiger partial charge on any atom is -0.478 e. The van der Waals surface area contributed by atoms with E-state index in [2.05, 4.69) is 4.98 Å². The Bertz CT molecular complexity index is 490. The Morgan fingerprint density at radius 2 is 2.05 bits per heavy atom. The lowest BCUT2D eigenvalue weighted by molar-refractivity contribution is 0.0647. The molecule has 0 aliphatic heterocycles. The number of ether oxygens (including phenoxy) is 1. The Labute approximate surface area is 116 Å². The number of carbonyl (C=O) groups is 2. The number of hydrogen-bond donors (Lipinski definition) is 2. The standard InChI is InChI=1S/C13H18N2O5/c1-9-10(13(18)19)3-4-11(14-9)12(17)15(5-7-16)6-8-20-2/h3-4,16H,5-8H2,1-2H3,(H,18,19). The van der Waals surface area contributed by atoms with E-state index < -0.39 is 5.97 Å². The molecular formula is C13H18N2O5. The fraction of sp³-hybridized carbons (Fsp3) is 0.462. The number of pyridine rings is 1. The van der Waals surface area contributed by atoms with Crippen LogP contribution < -0.4 is 0 Å². The zero-order chi connectivity index (χ0) is 15.1. The number of carbonyl (C=O) groups excluding carboxylic acids is 1. The minimum absolute atomic E-state index is 0.0622. The molecule has 1 rings (SSSR count). The maximum Gasteiger partial charge on any atom is 0.337 e. The van der Waals surface area contributed by atoms with Crippen molar-refractivity contribution in [2.24, 2.45) is 0 Å². The van der Waals surface area contributed by atoms with Crippen LogP contribution in [0.5, 0.6) is 0 Å². The molecule has 0 aliphatic carbocycles. The van der Waals surface area contributed by atoms with E-state index in [1.54, 1.807) is 0 Å². The summed E-state index contributed by atoms with van der Waals surface area (Å²) in [6.45, 7) is 2.21. The summed E-state index contributed by atoms with van der Waals surface area (Å²) in [5.41, 5.74) is 0.489. The second-order valence-electron chi connectivity index (χ2n) is 4.14. The minimum atomic E-state index is -1.08. The van der Waals surface area contributed by atoms with Gasteiger partial charge in [-0.25, -0.2) is 9.78 Å². The summed E-state index contributed by atoms with van der Waals surface area (Å²) in [6.07, 6.45) is 0. The molecule has 0 aromatic carbocycles. The van der Waals surface area contributed by atoms with Gasteiger partial charge in [0.25, 0.3) is 5.91 Å². The maximum atomic E-state index is 12.2. The highest BCUT2D eigenvalue weighted by molar-refractivity contribution is 5.94. The van der Waals surface area contributed by atoms with Crippen LogP contribution in [0.3, 0.4) is 0 Å². The molecular weight excluding hydrogens is 264 g/mol. The second-order valence-corrected chi connectivity index (χ2v) is 4.14. The Kier molecular flexibility index (Phi) is 6.08. The second kappa shape index (κ2) is 7.56. The van der Waals surface area contributed by atoms with E-state index in [1.165, 1.54) is 31.1 Å². The number of methoxy groups -OCH3 is 1. The van der Waals surface area contributed by atoms with Gasteiger partial charge in [-0.15, -0.1) is 0 Å². The summed E-state index contributed by atoms with van der Waals surface area (Å²) in [6, 6.07) is 2.72. The summed E-state index contributed by atoms with van der Waals surface area (Å²) in [5.74, 6) is -1.45. The van der Waals surface area contributed by atoms with E-state index in [9.17, 15) is 9.59 Å². The first-order chi connectivity index (χ1) is 9.51. The molecule has 0 radical (unpaired) electrons. The fourth-order valence-corrected chi connectivity index (χ4v) is 1.71. The van der Waals surface area contributed by atoms with Gasteiger partial charge in [-0.1, -0.05) is 0 Å². The van der Waals surface area contributed by atoms with Gasteiger partial charge in [0, 0.05) is 20.2 Å². The van der Waals surface area contributed by atoms with E-state index in [4.69, 9.17) is 14.9 Å². The zero-order valence-corrected chi connectivity index (χ0v) is 11.5. The van der Waals surface area contributed by atoms with Crippen molar-refractivity contribution in [3.8, 4) is 0 Å². The number of rotatable bonds is 7. The van der Waals surface area contributed by atoms with E-state index in [-0.39, 0.29) is 36.0 Å². The quantitative estimate of drug-likeness (QED) is 0.739. The molecule has 0 spiro atoms. The van der Waals surface area contributed by atoms with Crippen molar-refractivity contribution in [1.29, 1.82) is 0 Å². The summed E-state index contributed by atoms with van der Waals surface area (Å²) in [7, 11) is 1.52. The summed E-state index contributed by atoms with van der Waals surface area (Å²) in [4.78, 5) is 28.5. The Morgan fingerprint density at radius 1 is 1.35 bits per heavy atom. The third kappa shape index (κ3) is 4.01. The number of hydrogen-bond acceptors (Lipinski definition) is 5. The third-order valence-corrected chi connectivity index (χ3v) is 2.76. The largest absolute Gasteiger partial charge is 0.478 e. The topological polar surface area (TPSA) is 100.0 Å². The monoisotopic (exact) mass is 282 g/mol. The third-order valence-electron chi connectivity index (χ3n) is 2.76. The van der Waals surface area contributed by atoms with Gasteiger partial charge in [-0.3, -0.25) is 4.79 Å². The molecule has 0 saturated heterocycles. The number of aliphatic hydroxyl groups is 1. The van der Waals surface area contributed by atoms with Gasteiger partial charge in [0.15, 0.2) is 0 Å². The van der Waals surface area contributed by atoms with Crippen molar-refractivity contribution in [3.63, 3.8) is 0 Å². The summed E-state index contributed by atoms with van der Waals surface area (Å²) < 4.78 is 4.91. The lowest BCUT2D eigenvalue weighted by Crippen LogP contribution is -2.36. The molecule has 0 aliphatic rings. The van der Waals surface area contributed by atoms with E-state index in [0.717, 1.165) is 0 Å². The molecule has 0 atom stereocenters. The number of amides is 1. The number of aliphatic hydroxyl groups excluding tert-OH is 1. The van der Waals surface area contributed by atoms with Gasteiger partial charge in [0.05, 0.1) is 24.5 Å². The van der Waals surface area contributed by atoms with Crippen molar-refractivity contribution in [1.82, 2.24) is 9.88 Å². The molecule has 1 aromatic rings. The predicted octanol–water partition coefficient (Wildman–Crippen LogP) is 0.169. The number of carboxylic acids is 1. The molecule has 20 heavy (non-hydrogen) atoms. The molecule has 1 aromatic heterocycles. The first kappa shape index (κ1) is 16.1. The predicted molar refractivity (Wildman–Crippen MR) is 70.8 cm³/mol. The van der Waals surface area contributed by atoms with Crippen LogP contribution in [0.2, 0.25) is 0 Å². The lowest BCUT2D eigenvalue weighted by Gasteiger charge is -2.21. The van der Waals surface area contributed by atoms with E-state index >= 15 is 0 Å². The highest BCUT2D eigenvalue weighted by Gasteiger charge is 2.18. The van der Waals surface area contributed by atoms with Crippen LogP contribution in [-0.2, 0) is 4.74 Å². The van der Waals surface area contributed by atoms with Crippen LogP contribution in [0.25, 0.3) is 0 Å². The molecule has 110 valence electrons. The number of aromatic nitrogens is 1. The number of aromatic carboxylic acids is 1. The van der Waals surface area contributed by atoms with Crippen LogP contribution in [0.1, 0.15) is 26.5 Å². The Morgan fingerprint density at radius 3 is 2.55 bits per heavy atom. The molecule has 0 fully saturated rings. The average Bonchev–Trinajstić information content (AvgIpc) is 2.42. The van der Waals surface area contributed by atoms with Crippen molar-refractivity contribution < 1.29 is 24.5 Å². The molecule has 1 amide bonds. The van der Waals surface area contributed by atoms with Crippen molar-refractivity contribution >= 4 is 11.9 Å². The molecule has 1 heterocycles.